The highest BCUT2D eigenvalue weighted by molar-refractivity contribution is 5.68. The minimum atomic E-state index is -0.481. The molecule has 106 valence electrons. The molecule has 0 spiro atoms. The molecule has 0 aromatic carbocycles. The summed E-state index contributed by atoms with van der Waals surface area (Å²) >= 11 is 0. The van der Waals surface area contributed by atoms with Crippen molar-refractivity contribution in [1.29, 1.82) is 0 Å². The van der Waals surface area contributed by atoms with Gasteiger partial charge in [0, 0.05) is 13.1 Å². The molecule has 0 saturated carbocycles. The summed E-state index contributed by atoms with van der Waals surface area (Å²) in [5.74, 6) is 0.473. The molecular weight excluding hydrogens is 235 g/mol. The Morgan fingerprint density at radius 3 is 2.61 bits per heavy atom. The second kappa shape index (κ2) is 6.36. The van der Waals surface area contributed by atoms with Crippen LogP contribution >= 0.6 is 0 Å². The molecule has 1 aliphatic rings. The molecule has 1 aliphatic heterocycles. The van der Waals surface area contributed by atoms with E-state index < -0.39 is 5.60 Å². The fourth-order valence-electron chi connectivity index (χ4n) is 2.36. The largest absolute Gasteiger partial charge is 0.444 e. The van der Waals surface area contributed by atoms with Crippen molar-refractivity contribution >= 4 is 6.09 Å². The average molecular weight is 260 g/mol. The fraction of sp³-hybridized carbons (Fsp3) is 0.923. The molecule has 0 bridgehead atoms. The van der Waals surface area contributed by atoms with Gasteiger partial charge in [-0.15, -0.1) is 0 Å². The van der Waals surface area contributed by atoms with Gasteiger partial charge in [-0.05, 0) is 52.0 Å². The van der Waals surface area contributed by atoms with E-state index in [1.807, 2.05) is 20.8 Å². The Labute approximate surface area is 109 Å². The zero-order valence-electron chi connectivity index (χ0n) is 11.6. The third-order valence-electron chi connectivity index (χ3n) is 3.33. The molecule has 2 N–H and O–H groups in total. The molecule has 0 aliphatic carbocycles. The van der Waals surface area contributed by atoms with Crippen LogP contribution in [0.3, 0.4) is 0 Å². The predicted octanol–water partition coefficient (Wildman–Crippen LogP) is 2.18. The van der Waals surface area contributed by atoms with Gasteiger partial charge in [-0.1, -0.05) is 0 Å². The van der Waals surface area contributed by atoms with Gasteiger partial charge in [0.1, 0.15) is 5.60 Å². The van der Waals surface area contributed by atoms with E-state index in [0.29, 0.717) is 32.0 Å². The van der Waals surface area contributed by atoms with E-state index in [2.05, 4.69) is 0 Å². The summed E-state index contributed by atoms with van der Waals surface area (Å²) in [5.41, 5.74) is 5.23. The van der Waals surface area contributed by atoms with Crippen molar-refractivity contribution in [3.05, 3.63) is 0 Å². The lowest BCUT2D eigenvalue weighted by Gasteiger charge is -2.38. The second-order valence-electron chi connectivity index (χ2n) is 5.95. The number of halogens is 1. The van der Waals surface area contributed by atoms with Crippen LogP contribution in [-0.4, -0.2) is 42.9 Å². The van der Waals surface area contributed by atoms with Crippen LogP contribution in [0.15, 0.2) is 0 Å². The predicted molar refractivity (Wildman–Crippen MR) is 69.1 cm³/mol. The lowest BCUT2D eigenvalue weighted by molar-refractivity contribution is 0.00999. The molecule has 1 heterocycles. The van der Waals surface area contributed by atoms with Crippen LogP contribution in [-0.2, 0) is 4.74 Å². The number of hydrogen-bond acceptors (Lipinski definition) is 3. The van der Waals surface area contributed by atoms with Crippen molar-refractivity contribution in [1.82, 2.24) is 4.90 Å². The molecule has 0 aromatic rings. The number of alkyl halides is 1. The van der Waals surface area contributed by atoms with Crippen LogP contribution in [0.4, 0.5) is 9.18 Å². The maximum absolute atomic E-state index is 12.4. The summed E-state index contributed by atoms with van der Waals surface area (Å²) in [5, 5.41) is 0. The molecule has 0 aromatic heterocycles. The monoisotopic (exact) mass is 260 g/mol. The minimum absolute atomic E-state index is 0.182. The molecule has 18 heavy (non-hydrogen) atoms. The van der Waals surface area contributed by atoms with Crippen molar-refractivity contribution in [2.24, 2.45) is 17.6 Å². The van der Waals surface area contributed by atoms with Crippen LogP contribution in [0.5, 0.6) is 0 Å². The fourth-order valence-corrected chi connectivity index (χ4v) is 2.36. The number of piperidine rings is 1. The lowest BCUT2D eigenvalue weighted by atomic mass is 9.83. The number of hydrogen-bond donors (Lipinski definition) is 1. The Kier molecular flexibility index (Phi) is 5.38. The van der Waals surface area contributed by atoms with Gasteiger partial charge in [-0.2, -0.15) is 0 Å². The Morgan fingerprint density at radius 1 is 1.44 bits per heavy atom. The first-order chi connectivity index (χ1) is 8.37. The van der Waals surface area contributed by atoms with Gasteiger partial charge in [0.05, 0.1) is 6.67 Å². The first kappa shape index (κ1) is 15.2. The summed E-state index contributed by atoms with van der Waals surface area (Å²) in [6.45, 7) is 6.94. The Morgan fingerprint density at radius 2 is 2.11 bits per heavy atom. The molecular formula is C13H25FN2O2. The van der Waals surface area contributed by atoms with E-state index in [0.717, 1.165) is 6.42 Å². The first-order valence-electron chi connectivity index (χ1n) is 6.61. The van der Waals surface area contributed by atoms with Crippen LogP contribution in [0, 0.1) is 11.8 Å². The van der Waals surface area contributed by atoms with Crippen molar-refractivity contribution < 1.29 is 13.9 Å². The van der Waals surface area contributed by atoms with Crippen molar-refractivity contribution in [3.8, 4) is 0 Å². The molecule has 1 rings (SSSR count). The zero-order chi connectivity index (χ0) is 13.8. The van der Waals surface area contributed by atoms with Crippen LogP contribution in [0.2, 0.25) is 0 Å². The maximum Gasteiger partial charge on any atom is 0.410 e. The normalized spacial score (nSPS) is 25.1. The third kappa shape index (κ3) is 4.44. The number of ether oxygens (including phenoxy) is 1. The van der Waals surface area contributed by atoms with Crippen LogP contribution < -0.4 is 5.73 Å². The third-order valence-corrected chi connectivity index (χ3v) is 3.33. The standard InChI is InChI=1S/C13H25FN2O2/c1-13(2,3)18-12(17)16-7-5-10(4-6-14)11(8-15)9-16/h10-11H,4-9,15H2,1-3H3. The van der Waals surface area contributed by atoms with E-state index in [9.17, 15) is 9.18 Å². The maximum atomic E-state index is 12.4. The number of amides is 1. The zero-order valence-corrected chi connectivity index (χ0v) is 11.6. The summed E-state index contributed by atoms with van der Waals surface area (Å²) in [6, 6.07) is 0. The SMILES string of the molecule is CC(C)(C)OC(=O)N1CCC(CCF)C(CN)C1. The molecule has 2 atom stereocenters. The van der Waals surface area contributed by atoms with Gasteiger partial charge in [0.15, 0.2) is 0 Å². The number of carbonyl (C=O) groups excluding carboxylic acids is 1. The Hall–Kier alpha value is -0.840. The van der Waals surface area contributed by atoms with E-state index >= 15 is 0 Å². The van der Waals surface area contributed by atoms with Crippen LogP contribution in [0.25, 0.3) is 0 Å². The summed E-state index contributed by atoms with van der Waals surface area (Å²) in [7, 11) is 0. The van der Waals surface area contributed by atoms with Crippen molar-refractivity contribution in [2.45, 2.75) is 39.2 Å². The molecule has 1 fully saturated rings. The summed E-state index contributed by atoms with van der Waals surface area (Å²) in [4.78, 5) is 13.6. The van der Waals surface area contributed by atoms with Gasteiger partial charge in [0.25, 0.3) is 0 Å². The number of rotatable bonds is 3. The van der Waals surface area contributed by atoms with E-state index in [4.69, 9.17) is 10.5 Å². The quantitative estimate of drug-likeness (QED) is 0.846. The number of nitrogens with two attached hydrogens (primary N) is 1. The highest BCUT2D eigenvalue weighted by Gasteiger charge is 2.32. The minimum Gasteiger partial charge on any atom is -0.444 e. The molecule has 0 radical (unpaired) electrons. The van der Waals surface area contributed by atoms with Crippen molar-refractivity contribution in [2.75, 3.05) is 26.3 Å². The van der Waals surface area contributed by atoms with Crippen molar-refractivity contribution in [3.63, 3.8) is 0 Å². The molecule has 2 unspecified atom stereocenters. The summed E-state index contributed by atoms with van der Waals surface area (Å²) in [6.07, 6.45) is 1.06. The molecule has 4 nitrogen and oxygen atoms in total. The van der Waals surface area contributed by atoms with Gasteiger partial charge in [0.2, 0.25) is 0 Å². The van der Waals surface area contributed by atoms with E-state index in [1.54, 1.807) is 4.90 Å². The van der Waals surface area contributed by atoms with Gasteiger partial charge >= 0.3 is 6.09 Å². The average Bonchev–Trinajstić information content (AvgIpc) is 2.27. The first-order valence-corrected chi connectivity index (χ1v) is 6.61. The van der Waals surface area contributed by atoms with Gasteiger partial charge in [-0.3, -0.25) is 4.39 Å². The highest BCUT2D eigenvalue weighted by Crippen LogP contribution is 2.27. The highest BCUT2D eigenvalue weighted by atomic mass is 19.1. The van der Waals surface area contributed by atoms with Gasteiger partial charge < -0.3 is 15.4 Å². The Bertz CT molecular complexity index is 279. The smallest absolute Gasteiger partial charge is 0.410 e. The molecule has 1 amide bonds. The topological polar surface area (TPSA) is 55.6 Å². The molecule has 1 saturated heterocycles. The number of likely N-dealkylation sites (tertiary alicyclic amines) is 1. The van der Waals surface area contributed by atoms with Gasteiger partial charge in [-0.25, -0.2) is 4.79 Å². The lowest BCUT2D eigenvalue weighted by Crippen LogP contribution is -2.47. The van der Waals surface area contributed by atoms with E-state index in [1.165, 1.54) is 0 Å². The number of nitrogens with zero attached hydrogens (tertiary/aromatic N) is 1. The number of carbonyl (C=O) groups is 1. The van der Waals surface area contributed by atoms with E-state index in [-0.39, 0.29) is 18.7 Å². The Balaban J connectivity index is 2.54. The molecule has 5 heteroatoms. The summed E-state index contributed by atoms with van der Waals surface area (Å²) < 4.78 is 17.8. The van der Waals surface area contributed by atoms with Crippen LogP contribution in [0.1, 0.15) is 33.6 Å². The second-order valence-corrected chi connectivity index (χ2v) is 5.95.